The number of hydrogen-bond acceptors (Lipinski definition) is 5. The van der Waals surface area contributed by atoms with Crippen molar-refractivity contribution in [2.45, 2.75) is 50.5 Å². The smallest absolute Gasteiger partial charge is 0.317 e. The van der Waals surface area contributed by atoms with E-state index in [1.165, 1.54) is 19.3 Å². The number of nitrogens with zero attached hydrogens (tertiary/aromatic N) is 5. The molecule has 3 aromatic heterocycles. The van der Waals surface area contributed by atoms with Gasteiger partial charge in [-0.1, -0.05) is 19.3 Å². The molecule has 10 nitrogen and oxygen atoms in total. The minimum absolute atomic E-state index is 0.0360. The first kappa shape index (κ1) is 18.8. The van der Waals surface area contributed by atoms with Crippen molar-refractivity contribution < 1.29 is 4.79 Å². The van der Waals surface area contributed by atoms with Gasteiger partial charge < -0.3 is 20.2 Å². The number of urea groups is 1. The normalized spacial score (nSPS) is 17.9. The van der Waals surface area contributed by atoms with Gasteiger partial charge in [-0.3, -0.25) is 4.79 Å². The summed E-state index contributed by atoms with van der Waals surface area (Å²) in [5, 5.41) is 7.92. The molecular formula is C20H26N8O2. The maximum atomic E-state index is 12.6. The second-order valence-corrected chi connectivity index (χ2v) is 8.21. The highest BCUT2D eigenvalue weighted by Gasteiger charge is 2.34. The number of aromatic nitrogens is 6. The summed E-state index contributed by atoms with van der Waals surface area (Å²) in [6.07, 6.45) is 11.6. The summed E-state index contributed by atoms with van der Waals surface area (Å²) in [6.45, 7) is 1.62. The molecule has 1 saturated heterocycles. The molecule has 3 aromatic rings. The van der Waals surface area contributed by atoms with Crippen molar-refractivity contribution in [3.63, 3.8) is 0 Å². The molecule has 0 bridgehead atoms. The summed E-state index contributed by atoms with van der Waals surface area (Å²) in [5.41, 5.74) is 1.43. The Morgan fingerprint density at radius 2 is 2.07 bits per heavy atom. The van der Waals surface area contributed by atoms with Crippen LogP contribution in [0, 0.1) is 0 Å². The molecule has 30 heavy (non-hydrogen) atoms. The van der Waals surface area contributed by atoms with E-state index >= 15 is 0 Å². The predicted molar refractivity (Wildman–Crippen MR) is 110 cm³/mol. The van der Waals surface area contributed by atoms with Crippen molar-refractivity contribution in [1.82, 2.24) is 39.9 Å². The van der Waals surface area contributed by atoms with Gasteiger partial charge in [0.2, 0.25) is 0 Å². The molecule has 3 N–H and O–H groups in total. The predicted octanol–water partition coefficient (Wildman–Crippen LogP) is 1.70. The number of likely N-dealkylation sites (tertiary alicyclic amines) is 1. The van der Waals surface area contributed by atoms with Crippen LogP contribution in [0.15, 0.2) is 23.5 Å². The molecule has 1 aliphatic carbocycles. The van der Waals surface area contributed by atoms with E-state index in [2.05, 4.69) is 25.4 Å². The molecule has 1 aliphatic heterocycles. The Morgan fingerprint density at radius 3 is 2.83 bits per heavy atom. The fraction of sp³-hybridized carbons (Fsp3) is 0.550. The van der Waals surface area contributed by atoms with Gasteiger partial charge in [0.15, 0.2) is 5.65 Å². The van der Waals surface area contributed by atoms with Gasteiger partial charge in [-0.05, 0) is 12.8 Å². The molecule has 2 amide bonds. The SMILES string of the molecule is O=C(NCCc1c[nH]cn1)N1CC(c2nc3c(cnn3C3CCCCC3)c(=O)[nH]2)C1. The second-order valence-electron chi connectivity index (χ2n) is 8.21. The Balaban J connectivity index is 1.23. The number of nitrogens with one attached hydrogen (secondary N) is 3. The molecular weight excluding hydrogens is 384 g/mol. The largest absolute Gasteiger partial charge is 0.351 e. The van der Waals surface area contributed by atoms with Crippen LogP contribution in [0.1, 0.15) is 55.6 Å². The molecule has 0 unspecified atom stereocenters. The minimum Gasteiger partial charge on any atom is -0.351 e. The number of carbonyl (C=O) groups is 1. The van der Waals surface area contributed by atoms with Crippen LogP contribution in [0.25, 0.3) is 11.0 Å². The number of imidazole rings is 1. The van der Waals surface area contributed by atoms with Gasteiger partial charge in [0.05, 0.1) is 30.2 Å². The summed E-state index contributed by atoms with van der Waals surface area (Å²) in [4.78, 5) is 41.3. The van der Waals surface area contributed by atoms with Crippen LogP contribution in [0.5, 0.6) is 0 Å². The van der Waals surface area contributed by atoms with E-state index in [0.717, 1.165) is 18.5 Å². The van der Waals surface area contributed by atoms with Gasteiger partial charge in [-0.25, -0.2) is 19.4 Å². The van der Waals surface area contributed by atoms with E-state index < -0.39 is 0 Å². The molecule has 0 spiro atoms. The lowest BCUT2D eigenvalue weighted by Gasteiger charge is -2.38. The van der Waals surface area contributed by atoms with Gasteiger partial charge >= 0.3 is 6.03 Å². The van der Waals surface area contributed by atoms with E-state index in [0.29, 0.717) is 49.0 Å². The molecule has 0 aromatic carbocycles. The lowest BCUT2D eigenvalue weighted by Crippen LogP contribution is -2.53. The Labute approximate surface area is 173 Å². The van der Waals surface area contributed by atoms with Gasteiger partial charge in [0.25, 0.3) is 5.56 Å². The molecule has 10 heteroatoms. The Morgan fingerprint density at radius 1 is 1.23 bits per heavy atom. The van der Waals surface area contributed by atoms with Crippen molar-refractivity contribution in [2.75, 3.05) is 19.6 Å². The van der Waals surface area contributed by atoms with Crippen LogP contribution in [0.2, 0.25) is 0 Å². The molecule has 1 saturated carbocycles. The zero-order valence-electron chi connectivity index (χ0n) is 16.8. The monoisotopic (exact) mass is 410 g/mol. The minimum atomic E-state index is -0.154. The number of aromatic amines is 2. The highest BCUT2D eigenvalue weighted by molar-refractivity contribution is 5.76. The van der Waals surface area contributed by atoms with Crippen molar-refractivity contribution in [3.8, 4) is 0 Å². The standard InChI is InChI=1S/C20H26N8O2/c29-19-16-9-24-28(15-4-2-1-3-5-15)18(16)25-17(26-19)13-10-27(11-13)20(30)22-7-6-14-8-21-12-23-14/h8-9,12-13,15H,1-7,10-11H2,(H,21,23)(H,22,30)(H,25,26,29). The average molecular weight is 410 g/mol. The summed E-state index contributed by atoms with van der Waals surface area (Å²) >= 11 is 0. The molecule has 0 radical (unpaired) electrons. The zero-order chi connectivity index (χ0) is 20.5. The number of fused-ring (bicyclic) bond motifs is 1. The molecule has 2 fully saturated rings. The maximum absolute atomic E-state index is 12.6. The van der Waals surface area contributed by atoms with Gasteiger partial charge in [-0.15, -0.1) is 0 Å². The first-order chi connectivity index (χ1) is 14.7. The maximum Gasteiger partial charge on any atom is 0.317 e. The fourth-order valence-corrected chi connectivity index (χ4v) is 4.39. The third kappa shape index (κ3) is 3.57. The third-order valence-electron chi connectivity index (χ3n) is 6.17. The first-order valence-corrected chi connectivity index (χ1v) is 10.7. The lowest BCUT2D eigenvalue weighted by molar-refractivity contribution is 0.148. The van der Waals surface area contributed by atoms with Crippen LogP contribution < -0.4 is 10.9 Å². The first-order valence-electron chi connectivity index (χ1n) is 10.7. The highest BCUT2D eigenvalue weighted by Crippen LogP contribution is 2.30. The number of carbonyl (C=O) groups excluding carboxylic acids is 1. The van der Waals surface area contributed by atoms with Crippen LogP contribution in [-0.2, 0) is 6.42 Å². The van der Waals surface area contributed by atoms with E-state index in [1.807, 2.05) is 10.9 Å². The number of hydrogen-bond donors (Lipinski definition) is 3. The van der Waals surface area contributed by atoms with Crippen LogP contribution in [-0.4, -0.2) is 60.3 Å². The fourth-order valence-electron chi connectivity index (χ4n) is 4.39. The second kappa shape index (κ2) is 7.92. The zero-order valence-corrected chi connectivity index (χ0v) is 16.8. The van der Waals surface area contributed by atoms with Crippen molar-refractivity contribution in [2.24, 2.45) is 0 Å². The van der Waals surface area contributed by atoms with Crippen molar-refractivity contribution >= 4 is 17.1 Å². The summed E-state index contributed by atoms with van der Waals surface area (Å²) < 4.78 is 1.94. The van der Waals surface area contributed by atoms with E-state index in [9.17, 15) is 9.59 Å². The summed E-state index contributed by atoms with van der Waals surface area (Å²) in [6, 6.07) is 0.217. The summed E-state index contributed by atoms with van der Waals surface area (Å²) in [5.74, 6) is 0.680. The van der Waals surface area contributed by atoms with E-state index in [-0.39, 0.29) is 17.5 Å². The van der Waals surface area contributed by atoms with Crippen LogP contribution >= 0.6 is 0 Å². The van der Waals surface area contributed by atoms with Crippen molar-refractivity contribution in [3.05, 3.63) is 40.6 Å². The Kier molecular flexibility index (Phi) is 4.97. The molecule has 5 rings (SSSR count). The van der Waals surface area contributed by atoms with Gasteiger partial charge in [0, 0.05) is 32.3 Å². The van der Waals surface area contributed by atoms with E-state index in [4.69, 9.17) is 4.98 Å². The van der Waals surface area contributed by atoms with E-state index in [1.54, 1.807) is 17.4 Å². The molecule has 0 atom stereocenters. The third-order valence-corrected chi connectivity index (χ3v) is 6.17. The van der Waals surface area contributed by atoms with Gasteiger partial charge in [0.1, 0.15) is 11.2 Å². The quantitative estimate of drug-likeness (QED) is 0.590. The van der Waals surface area contributed by atoms with Crippen LogP contribution in [0.4, 0.5) is 4.79 Å². The van der Waals surface area contributed by atoms with Crippen LogP contribution in [0.3, 0.4) is 0 Å². The van der Waals surface area contributed by atoms with Gasteiger partial charge in [-0.2, -0.15) is 5.10 Å². The summed E-state index contributed by atoms with van der Waals surface area (Å²) in [7, 11) is 0. The molecule has 2 aliphatic rings. The average Bonchev–Trinajstić information content (AvgIpc) is 3.38. The number of rotatable bonds is 5. The molecule has 4 heterocycles. The number of H-pyrrole nitrogens is 2. The number of amides is 2. The highest BCUT2D eigenvalue weighted by atomic mass is 16.2. The van der Waals surface area contributed by atoms with Crippen molar-refractivity contribution in [1.29, 1.82) is 0 Å². The topological polar surface area (TPSA) is 125 Å². The molecule has 158 valence electrons. The Hall–Kier alpha value is -3.17. The Bertz CT molecular complexity index is 1070. The lowest BCUT2D eigenvalue weighted by atomic mass is 9.96.